The van der Waals surface area contributed by atoms with Gasteiger partial charge in [-0.3, -0.25) is 4.79 Å². The lowest BCUT2D eigenvalue weighted by Crippen LogP contribution is -2.32. The summed E-state index contributed by atoms with van der Waals surface area (Å²) in [7, 11) is 0. The van der Waals surface area contributed by atoms with Gasteiger partial charge in [0.05, 0.1) is 5.25 Å². The van der Waals surface area contributed by atoms with Crippen LogP contribution in [0.2, 0.25) is 0 Å². The molecule has 1 aromatic rings. The first-order valence-electron chi connectivity index (χ1n) is 5.85. The van der Waals surface area contributed by atoms with Crippen molar-refractivity contribution in [3.63, 3.8) is 0 Å². The van der Waals surface area contributed by atoms with Gasteiger partial charge in [-0.05, 0) is 18.6 Å². The summed E-state index contributed by atoms with van der Waals surface area (Å²) < 4.78 is 26.3. The minimum atomic E-state index is -0.695. The van der Waals surface area contributed by atoms with Gasteiger partial charge in [-0.25, -0.2) is 8.78 Å². The summed E-state index contributed by atoms with van der Waals surface area (Å²) in [4.78, 5) is 12.3. The fraction of sp³-hybridized carbons (Fsp3) is 0.462. The summed E-state index contributed by atoms with van der Waals surface area (Å²) in [5.74, 6) is 0.400. The van der Waals surface area contributed by atoms with Gasteiger partial charge in [0.25, 0.3) is 0 Å². The number of halogens is 2. The highest BCUT2D eigenvalue weighted by Gasteiger charge is 2.31. The van der Waals surface area contributed by atoms with Crippen molar-refractivity contribution in [2.75, 3.05) is 11.5 Å². The van der Waals surface area contributed by atoms with Gasteiger partial charge in [0.2, 0.25) is 0 Å². The van der Waals surface area contributed by atoms with Crippen LogP contribution in [0.5, 0.6) is 0 Å². The maximum absolute atomic E-state index is 13.1. The third-order valence-corrected chi connectivity index (χ3v) is 6.10. The Balaban J connectivity index is 2.23. The molecule has 1 fully saturated rings. The van der Waals surface area contributed by atoms with Crippen LogP contribution in [0.15, 0.2) is 18.2 Å². The predicted octanol–water partition coefficient (Wildman–Crippen LogP) is 3.77. The van der Waals surface area contributed by atoms with E-state index in [-0.39, 0.29) is 21.8 Å². The van der Waals surface area contributed by atoms with Gasteiger partial charge in [0, 0.05) is 28.4 Å². The number of hydrogen-bond donors (Lipinski definition) is 0. The summed E-state index contributed by atoms with van der Waals surface area (Å²) in [6.07, 6.45) is 0.895. The molecule has 0 saturated carbocycles. The molecule has 0 amide bonds. The summed E-state index contributed by atoms with van der Waals surface area (Å²) in [5.41, 5.74) is 0.144. The number of benzene rings is 1. The molecule has 0 radical (unpaired) electrons. The van der Waals surface area contributed by atoms with Gasteiger partial charge in [-0.1, -0.05) is 6.92 Å². The molecule has 1 aliphatic rings. The molecule has 1 nitrogen and oxygen atoms in total. The second kappa shape index (κ2) is 6.06. The molecule has 1 aromatic carbocycles. The van der Waals surface area contributed by atoms with Crippen molar-refractivity contribution in [2.45, 2.75) is 23.8 Å². The van der Waals surface area contributed by atoms with Crippen molar-refractivity contribution in [3.05, 3.63) is 35.4 Å². The van der Waals surface area contributed by atoms with Crippen molar-refractivity contribution >= 4 is 29.3 Å². The first-order chi connectivity index (χ1) is 8.61. The average molecular weight is 288 g/mol. The molecule has 18 heavy (non-hydrogen) atoms. The quantitative estimate of drug-likeness (QED) is 0.788. The Kier molecular flexibility index (Phi) is 4.67. The average Bonchev–Trinajstić information content (AvgIpc) is 2.36. The van der Waals surface area contributed by atoms with Crippen molar-refractivity contribution < 1.29 is 13.6 Å². The third kappa shape index (κ3) is 3.06. The number of Topliss-reactive ketones (excluding diaryl/α,β-unsaturated/α-hetero) is 1. The van der Waals surface area contributed by atoms with Crippen LogP contribution in [0.3, 0.4) is 0 Å². The van der Waals surface area contributed by atoms with Crippen LogP contribution in [0, 0.1) is 11.6 Å². The van der Waals surface area contributed by atoms with Crippen LogP contribution in [0.25, 0.3) is 0 Å². The Labute approximate surface area is 114 Å². The van der Waals surface area contributed by atoms with Crippen molar-refractivity contribution in [1.29, 1.82) is 0 Å². The predicted molar refractivity (Wildman–Crippen MR) is 73.5 cm³/mol. The molecule has 2 atom stereocenters. The van der Waals surface area contributed by atoms with Gasteiger partial charge in [-0.2, -0.15) is 11.8 Å². The first kappa shape index (κ1) is 13.9. The van der Waals surface area contributed by atoms with Gasteiger partial charge in [0.1, 0.15) is 11.6 Å². The van der Waals surface area contributed by atoms with Gasteiger partial charge in [0.15, 0.2) is 5.78 Å². The zero-order chi connectivity index (χ0) is 13.1. The first-order valence-corrected chi connectivity index (χ1v) is 7.95. The van der Waals surface area contributed by atoms with Crippen LogP contribution in [-0.2, 0) is 0 Å². The fourth-order valence-corrected chi connectivity index (χ4v) is 5.03. The van der Waals surface area contributed by atoms with Gasteiger partial charge < -0.3 is 0 Å². The number of hydrogen-bond acceptors (Lipinski definition) is 3. The third-order valence-electron chi connectivity index (χ3n) is 2.86. The number of ketones is 1. The lowest BCUT2D eigenvalue weighted by molar-refractivity contribution is 0.0987. The molecule has 1 saturated heterocycles. The monoisotopic (exact) mass is 288 g/mol. The zero-order valence-electron chi connectivity index (χ0n) is 9.99. The maximum atomic E-state index is 13.1. The van der Waals surface area contributed by atoms with E-state index in [9.17, 15) is 13.6 Å². The summed E-state index contributed by atoms with van der Waals surface area (Å²) in [5, 5.41) is 0.0533. The van der Waals surface area contributed by atoms with E-state index in [0.717, 1.165) is 36.1 Å². The van der Waals surface area contributed by atoms with Crippen LogP contribution in [0.1, 0.15) is 23.7 Å². The minimum absolute atomic E-state index is 0.144. The molecular formula is C13H14F2OS2. The summed E-state index contributed by atoms with van der Waals surface area (Å²) >= 11 is 3.37. The van der Waals surface area contributed by atoms with Crippen LogP contribution >= 0.6 is 23.5 Å². The topological polar surface area (TPSA) is 17.1 Å². The lowest BCUT2D eigenvalue weighted by Gasteiger charge is -2.28. The van der Waals surface area contributed by atoms with Gasteiger partial charge >= 0.3 is 0 Å². The zero-order valence-corrected chi connectivity index (χ0v) is 11.6. The fourth-order valence-electron chi connectivity index (χ4n) is 2.01. The number of carbonyl (C=O) groups excluding carboxylic acids is 1. The molecular weight excluding hydrogens is 274 g/mol. The minimum Gasteiger partial charge on any atom is -0.293 e. The Morgan fingerprint density at radius 2 is 1.83 bits per heavy atom. The molecule has 5 heteroatoms. The van der Waals surface area contributed by atoms with E-state index in [2.05, 4.69) is 0 Å². The number of thioether (sulfide) groups is 2. The molecule has 0 bridgehead atoms. The Morgan fingerprint density at radius 3 is 2.44 bits per heavy atom. The highest BCUT2D eigenvalue weighted by atomic mass is 32.2. The molecule has 1 heterocycles. The molecule has 0 aromatic heterocycles. The van der Waals surface area contributed by atoms with Crippen molar-refractivity contribution in [1.82, 2.24) is 0 Å². The summed E-state index contributed by atoms with van der Waals surface area (Å²) in [6.45, 7) is 2.04. The molecule has 98 valence electrons. The van der Waals surface area contributed by atoms with Crippen LogP contribution in [0.4, 0.5) is 8.78 Å². The standard InChI is InChI=1S/C13H14F2OS2/c1-2-11-13(18-4-3-17-11)12(16)8-5-9(14)7-10(15)6-8/h5-7,11,13H,2-4H2,1H3. The van der Waals surface area contributed by atoms with Crippen LogP contribution in [-0.4, -0.2) is 27.8 Å². The Morgan fingerprint density at radius 1 is 1.22 bits per heavy atom. The normalized spacial score (nSPS) is 23.9. The SMILES string of the molecule is CCC1SCCSC1C(=O)c1cc(F)cc(F)c1. The second-order valence-electron chi connectivity index (χ2n) is 4.13. The molecule has 0 N–H and O–H groups in total. The van der Waals surface area contributed by atoms with E-state index >= 15 is 0 Å². The van der Waals surface area contributed by atoms with E-state index in [1.165, 1.54) is 0 Å². The number of rotatable bonds is 3. The van der Waals surface area contributed by atoms with E-state index in [0.29, 0.717) is 0 Å². The van der Waals surface area contributed by atoms with Crippen molar-refractivity contribution in [2.24, 2.45) is 0 Å². The maximum Gasteiger partial charge on any atom is 0.177 e. The molecule has 2 rings (SSSR count). The lowest BCUT2D eigenvalue weighted by atomic mass is 10.0. The largest absolute Gasteiger partial charge is 0.293 e. The second-order valence-corrected chi connectivity index (χ2v) is 6.73. The highest BCUT2D eigenvalue weighted by Crippen LogP contribution is 2.35. The Hall–Kier alpha value is -0.550. The molecule has 2 unspecified atom stereocenters. The molecule has 0 aliphatic carbocycles. The Bertz CT molecular complexity index is 430. The van der Waals surface area contributed by atoms with E-state index in [4.69, 9.17) is 0 Å². The van der Waals surface area contributed by atoms with E-state index in [1.54, 1.807) is 23.5 Å². The van der Waals surface area contributed by atoms with E-state index < -0.39 is 11.6 Å². The smallest absolute Gasteiger partial charge is 0.177 e. The van der Waals surface area contributed by atoms with Crippen LogP contribution < -0.4 is 0 Å². The molecule has 0 spiro atoms. The number of carbonyl (C=O) groups is 1. The van der Waals surface area contributed by atoms with Gasteiger partial charge in [-0.15, -0.1) is 11.8 Å². The molecule has 1 aliphatic heterocycles. The highest BCUT2D eigenvalue weighted by molar-refractivity contribution is 8.07. The van der Waals surface area contributed by atoms with E-state index in [1.807, 2.05) is 6.92 Å². The summed E-state index contributed by atoms with van der Waals surface area (Å²) in [6, 6.07) is 3.03. The van der Waals surface area contributed by atoms with Crippen molar-refractivity contribution in [3.8, 4) is 0 Å².